The molecule has 0 aromatic carbocycles. The van der Waals surface area contributed by atoms with E-state index in [-0.39, 0.29) is 11.6 Å². The van der Waals surface area contributed by atoms with Gasteiger partial charge in [-0.15, -0.1) is 11.3 Å². The number of rotatable bonds is 1. The fourth-order valence-corrected chi connectivity index (χ4v) is 0.933. The van der Waals surface area contributed by atoms with Crippen molar-refractivity contribution in [3.05, 3.63) is 16.6 Å². The Bertz CT molecular complexity index is 173. The van der Waals surface area contributed by atoms with Gasteiger partial charge in [-0.25, -0.2) is 4.39 Å². The molecule has 0 aliphatic carbocycles. The average Bonchev–Trinajstić information content (AvgIpc) is 2.14. The predicted molar refractivity (Wildman–Crippen MR) is 29.7 cm³/mol. The van der Waals surface area contributed by atoms with Gasteiger partial charge in [-0.2, -0.15) is 0 Å². The summed E-state index contributed by atoms with van der Waals surface area (Å²) >= 11 is 1.17. The minimum atomic E-state index is -0.336. The summed E-state index contributed by atoms with van der Waals surface area (Å²) < 4.78 is 16.8. The first-order chi connectivity index (χ1) is 3.84. The van der Waals surface area contributed by atoms with Gasteiger partial charge in [0.2, 0.25) is 0 Å². The van der Waals surface area contributed by atoms with Crippen LogP contribution < -0.4 is 4.74 Å². The second-order valence-electron chi connectivity index (χ2n) is 1.22. The van der Waals surface area contributed by atoms with Gasteiger partial charge in [-0.1, -0.05) is 0 Å². The Hall–Kier alpha value is -0.570. The molecule has 0 unspecified atom stereocenters. The number of methoxy groups -OCH3 is 1. The van der Waals surface area contributed by atoms with Gasteiger partial charge < -0.3 is 4.74 Å². The first-order valence-electron chi connectivity index (χ1n) is 2.03. The molecule has 0 fully saturated rings. The first-order valence-corrected chi connectivity index (χ1v) is 2.91. The molecule has 0 aliphatic rings. The van der Waals surface area contributed by atoms with E-state index in [1.165, 1.54) is 23.8 Å². The minimum absolute atomic E-state index is 0.204. The van der Waals surface area contributed by atoms with Crippen molar-refractivity contribution in [2.24, 2.45) is 0 Å². The van der Waals surface area contributed by atoms with E-state index < -0.39 is 0 Å². The van der Waals surface area contributed by atoms with Crippen LogP contribution in [0.3, 0.4) is 0 Å². The van der Waals surface area contributed by atoms with Crippen molar-refractivity contribution in [2.75, 3.05) is 7.11 Å². The molecule has 0 saturated heterocycles. The number of thiophene rings is 1. The Labute approximate surface area is 50.7 Å². The van der Waals surface area contributed by atoms with Crippen molar-refractivity contribution in [1.82, 2.24) is 0 Å². The maximum atomic E-state index is 12.2. The SMILES string of the molecule is COc1[c]scc1F. The maximum Gasteiger partial charge on any atom is 0.176 e. The van der Waals surface area contributed by atoms with Crippen molar-refractivity contribution in [1.29, 1.82) is 0 Å². The molecule has 1 aromatic rings. The molecule has 8 heavy (non-hydrogen) atoms. The number of hydrogen-bond acceptors (Lipinski definition) is 2. The summed E-state index contributed by atoms with van der Waals surface area (Å²) in [7, 11) is 1.42. The highest BCUT2D eigenvalue weighted by Crippen LogP contribution is 2.18. The van der Waals surface area contributed by atoms with Crippen LogP contribution in [0.2, 0.25) is 0 Å². The van der Waals surface area contributed by atoms with Crippen molar-refractivity contribution in [3.63, 3.8) is 0 Å². The van der Waals surface area contributed by atoms with Crippen molar-refractivity contribution in [2.45, 2.75) is 0 Å². The van der Waals surface area contributed by atoms with Gasteiger partial charge in [0.05, 0.1) is 12.5 Å². The van der Waals surface area contributed by atoms with E-state index in [9.17, 15) is 4.39 Å². The van der Waals surface area contributed by atoms with Gasteiger partial charge in [-0.3, -0.25) is 0 Å². The number of hydrogen-bond donors (Lipinski definition) is 0. The molecule has 0 N–H and O–H groups in total. The summed E-state index contributed by atoms with van der Waals surface area (Å²) in [6, 6.07) is 0. The van der Waals surface area contributed by atoms with E-state index in [0.29, 0.717) is 0 Å². The summed E-state index contributed by atoms with van der Waals surface area (Å²) in [4.78, 5) is 0. The molecule has 0 saturated carbocycles. The van der Waals surface area contributed by atoms with Crippen LogP contribution in [0.5, 0.6) is 5.75 Å². The molecular weight excluding hydrogens is 127 g/mol. The van der Waals surface area contributed by atoms with Crippen molar-refractivity contribution in [3.8, 4) is 5.75 Å². The Kier molecular flexibility index (Phi) is 1.48. The lowest BCUT2D eigenvalue weighted by Gasteiger charge is -1.89. The van der Waals surface area contributed by atoms with Crippen LogP contribution in [0.1, 0.15) is 0 Å². The van der Waals surface area contributed by atoms with Gasteiger partial charge in [-0.05, 0) is 0 Å². The Balaban J connectivity index is 2.92. The Morgan fingerprint density at radius 2 is 2.62 bits per heavy atom. The number of halogens is 1. The summed E-state index contributed by atoms with van der Waals surface area (Å²) in [6.07, 6.45) is 0. The van der Waals surface area contributed by atoms with Gasteiger partial charge in [0.15, 0.2) is 11.6 Å². The van der Waals surface area contributed by atoms with E-state index in [2.05, 4.69) is 10.1 Å². The van der Waals surface area contributed by atoms with E-state index in [4.69, 9.17) is 0 Å². The summed E-state index contributed by atoms with van der Waals surface area (Å²) in [5.74, 6) is -0.132. The minimum Gasteiger partial charge on any atom is -0.492 e. The smallest absolute Gasteiger partial charge is 0.176 e. The average molecular weight is 131 g/mol. The molecule has 1 heterocycles. The zero-order chi connectivity index (χ0) is 5.98. The molecule has 0 amide bonds. The first kappa shape index (κ1) is 5.56. The van der Waals surface area contributed by atoms with Gasteiger partial charge in [0, 0.05) is 5.38 Å². The second kappa shape index (κ2) is 2.13. The van der Waals surface area contributed by atoms with Crippen LogP contribution >= 0.6 is 11.3 Å². The second-order valence-corrected chi connectivity index (χ2v) is 1.89. The molecule has 3 heteroatoms. The third-order valence-corrected chi connectivity index (χ3v) is 1.36. The highest BCUT2D eigenvalue weighted by atomic mass is 32.1. The van der Waals surface area contributed by atoms with E-state index in [0.717, 1.165) is 0 Å². The summed E-state index contributed by atoms with van der Waals surface area (Å²) in [6.45, 7) is 0. The largest absolute Gasteiger partial charge is 0.492 e. The Morgan fingerprint density at radius 3 is 2.88 bits per heavy atom. The van der Waals surface area contributed by atoms with Crippen LogP contribution in [0.25, 0.3) is 0 Å². The summed E-state index contributed by atoms with van der Waals surface area (Å²) in [5.41, 5.74) is 0. The standard InChI is InChI=1S/C5H4FOS/c1-7-5-3-8-2-4(5)6/h2H,1H3. The lowest BCUT2D eigenvalue weighted by molar-refractivity contribution is 0.389. The third-order valence-electron chi connectivity index (χ3n) is 0.735. The normalized spacial score (nSPS) is 9.25. The van der Waals surface area contributed by atoms with Crippen LogP contribution in [0.15, 0.2) is 5.38 Å². The molecule has 0 aliphatic heterocycles. The fourth-order valence-electron chi connectivity index (χ4n) is 0.376. The van der Waals surface area contributed by atoms with Crippen molar-refractivity contribution < 1.29 is 9.13 Å². The maximum absolute atomic E-state index is 12.2. The lowest BCUT2D eigenvalue weighted by Crippen LogP contribution is -1.80. The third kappa shape index (κ3) is 0.816. The molecule has 1 aromatic heterocycles. The molecule has 1 rings (SSSR count). The molecule has 0 bridgehead atoms. The van der Waals surface area contributed by atoms with E-state index >= 15 is 0 Å². The van der Waals surface area contributed by atoms with E-state index in [1.54, 1.807) is 0 Å². The zero-order valence-electron chi connectivity index (χ0n) is 4.27. The van der Waals surface area contributed by atoms with Crippen LogP contribution in [-0.4, -0.2) is 7.11 Å². The Morgan fingerprint density at radius 1 is 1.88 bits per heavy atom. The highest BCUT2D eigenvalue weighted by Gasteiger charge is 1.99. The van der Waals surface area contributed by atoms with Crippen molar-refractivity contribution >= 4 is 11.3 Å². The van der Waals surface area contributed by atoms with Gasteiger partial charge >= 0.3 is 0 Å². The van der Waals surface area contributed by atoms with Gasteiger partial charge in [0.25, 0.3) is 0 Å². The van der Waals surface area contributed by atoms with E-state index in [1.807, 2.05) is 0 Å². The topological polar surface area (TPSA) is 9.23 Å². The van der Waals surface area contributed by atoms with Crippen LogP contribution in [0.4, 0.5) is 4.39 Å². The molecule has 0 atom stereocenters. The predicted octanol–water partition coefficient (Wildman–Crippen LogP) is 1.70. The molecule has 1 nitrogen and oxygen atoms in total. The monoisotopic (exact) mass is 131 g/mol. The molecular formula is C5H4FOS. The molecule has 1 radical (unpaired) electrons. The quantitative estimate of drug-likeness (QED) is 0.563. The molecule has 0 spiro atoms. The van der Waals surface area contributed by atoms with Crippen LogP contribution in [-0.2, 0) is 0 Å². The van der Waals surface area contributed by atoms with Gasteiger partial charge in [0.1, 0.15) is 0 Å². The molecule has 43 valence electrons. The zero-order valence-corrected chi connectivity index (χ0v) is 5.09. The number of ether oxygens (including phenoxy) is 1. The summed E-state index contributed by atoms with van der Waals surface area (Å²) in [5, 5.41) is 3.95. The highest BCUT2D eigenvalue weighted by molar-refractivity contribution is 7.07. The lowest BCUT2D eigenvalue weighted by atomic mass is 10.6. The van der Waals surface area contributed by atoms with Crippen LogP contribution in [0, 0.1) is 11.2 Å². The fraction of sp³-hybridized carbons (Fsp3) is 0.200.